The molecule has 0 spiro atoms. The number of aliphatic imine (C=N–C) groups is 1. The first-order chi connectivity index (χ1) is 12.7. The quantitative estimate of drug-likeness (QED) is 0.384. The van der Waals surface area contributed by atoms with Crippen LogP contribution in [-0.2, 0) is 6.54 Å². The summed E-state index contributed by atoms with van der Waals surface area (Å²) < 4.78 is 22.0. The van der Waals surface area contributed by atoms with Gasteiger partial charge in [-0.25, -0.2) is 4.99 Å². The van der Waals surface area contributed by atoms with Crippen LogP contribution in [0.15, 0.2) is 41.4 Å². The molecule has 1 heterocycles. The van der Waals surface area contributed by atoms with Crippen molar-refractivity contribution in [2.24, 2.45) is 10.7 Å². The molecule has 7 nitrogen and oxygen atoms in total. The predicted molar refractivity (Wildman–Crippen MR) is 116 cm³/mol. The summed E-state index contributed by atoms with van der Waals surface area (Å²) in [7, 11) is 3.18. The minimum atomic E-state index is 0. The number of nitrogens with zero attached hydrogens (tertiary/aromatic N) is 1. The molecule has 2 aromatic carbocycles. The maximum atomic E-state index is 6.02. The molecule has 0 bridgehead atoms. The van der Waals surface area contributed by atoms with Crippen LogP contribution >= 0.6 is 24.0 Å². The first-order valence-corrected chi connectivity index (χ1v) is 8.37. The maximum Gasteiger partial charge on any atom is 0.193 e. The molecule has 0 saturated carbocycles. The molecule has 3 N–H and O–H groups in total. The van der Waals surface area contributed by atoms with Gasteiger partial charge in [0.1, 0.15) is 0 Å². The topological polar surface area (TPSA) is 87.3 Å². The maximum absolute atomic E-state index is 6.02. The SMILES string of the molecule is COc1ccc(NC(N)=NCc2cccc3c2OCCCO3)cc1OC.I. The van der Waals surface area contributed by atoms with Gasteiger partial charge in [-0.2, -0.15) is 0 Å². The molecule has 27 heavy (non-hydrogen) atoms. The van der Waals surface area contributed by atoms with Crippen molar-refractivity contribution in [2.75, 3.05) is 32.8 Å². The number of ether oxygens (including phenoxy) is 4. The molecule has 0 aromatic heterocycles. The van der Waals surface area contributed by atoms with Crippen LogP contribution in [0.3, 0.4) is 0 Å². The second-order valence-electron chi connectivity index (χ2n) is 5.69. The normalized spacial score (nSPS) is 13.2. The lowest BCUT2D eigenvalue weighted by molar-refractivity contribution is 0.296. The third-order valence-electron chi connectivity index (χ3n) is 3.93. The van der Waals surface area contributed by atoms with E-state index in [0.717, 1.165) is 29.2 Å². The summed E-state index contributed by atoms with van der Waals surface area (Å²) in [6.45, 7) is 1.68. The Balaban J connectivity index is 0.00000261. The zero-order valence-electron chi connectivity index (χ0n) is 15.4. The van der Waals surface area contributed by atoms with Gasteiger partial charge in [0, 0.05) is 23.7 Å². The highest BCUT2D eigenvalue weighted by Gasteiger charge is 2.14. The lowest BCUT2D eigenvalue weighted by atomic mass is 10.2. The molecule has 0 atom stereocenters. The number of methoxy groups -OCH3 is 2. The van der Waals surface area contributed by atoms with Crippen LogP contribution in [0.1, 0.15) is 12.0 Å². The number of rotatable bonds is 5. The highest BCUT2D eigenvalue weighted by molar-refractivity contribution is 14.0. The second-order valence-corrected chi connectivity index (χ2v) is 5.69. The summed E-state index contributed by atoms with van der Waals surface area (Å²) in [5, 5.41) is 3.05. The van der Waals surface area contributed by atoms with Crippen molar-refractivity contribution < 1.29 is 18.9 Å². The second kappa shape index (κ2) is 10.1. The fourth-order valence-corrected chi connectivity index (χ4v) is 2.65. The molecule has 1 aliphatic rings. The van der Waals surface area contributed by atoms with Crippen molar-refractivity contribution in [1.82, 2.24) is 0 Å². The van der Waals surface area contributed by atoms with E-state index in [0.29, 0.717) is 37.2 Å². The molecule has 0 unspecified atom stereocenters. The van der Waals surface area contributed by atoms with Crippen molar-refractivity contribution in [3.63, 3.8) is 0 Å². The summed E-state index contributed by atoms with van der Waals surface area (Å²) in [5.74, 6) is 3.06. The number of nitrogens with two attached hydrogens (primary N) is 1. The zero-order valence-corrected chi connectivity index (χ0v) is 17.7. The number of benzene rings is 2. The van der Waals surface area contributed by atoms with Crippen molar-refractivity contribution in [2.45, 2.75) is 13.0 Å². The molecule has 0 aliphatic carbocycles. The van der Waals surface area contributed by atoms with Gasteiger partial charge in [0.2, 0.25) is 0 Å². The Kier molecular flexibility index (Phi) is 7.83. The van der Waals surface area contributed by atoms with E-state index in [1.807, 2.05) is 24.3 Å². The summed E-state index contributed by atoms with van der Waals surface area (Å²) >= 11 is 0. The summed E-state index contributed by atoms with van der Waals surface area (Å²) in [4.78, 5) is 4.40. The largest absolute Gasteiger partial charge is 0.493 e. The van der Waals surface area contributed by atoms with Crippen molar-refractivity contribution in [1.29, 1.82) is 0 Å². The number of para-hydroxylation sites is 1. The smallest absolute Gasteiger partial charge is 0.193 e. The average Bonchev–Trinajstić information content (AvgIpc) is 2.92. The summed E-state index contributed by atoms with van der Waals surface area (Å²) in [5.41, 5.74) is 7.71. The Bertz CT molecular complexity index is 799. The van der Waals surface area contributed by atoms with Crippen LogP contribution in [0.2, 0.25) is 0 Å². The lowest BCUT2D eigenvalue weighted by Gasteiger charge is -2.12. The molecule has 0 saturated heterocycles. The Labute approximate surface area is 175 Å². The third-order valence-corrected chi connectivity index (χ3v) is 3.93. The van der Waals surface area contributed by atoms with Gasteiger partial charge in [-0.1, -0.05) is 12.1 Å². The van der Waals surface area contributed by atoms with E-state index in [1.165, 1.54) is 0 Å². The fourth-order valence-electron chi connectivity index (χ4n) is 2.65. The van der Waals surface area contributed by atoms with E-state index < -0.39 is 0 Å². The molecule has 146 valence electrons. The van der Waals surface area contributed by atoms with E-state index >= 15 is 0 Å². The molecular formula is C19H24IN3O4. The first kappa shape index (κ1) is 20.9. The number of hydrogen-bond acceptors (Lipinski definition) is 5. The van der Waals surface area contributed by atoms with E-state index in [2.05, 4.69) is 10.3 Å². The van der Waals surface area contributed by atoms with Gasteiger partial charge in [0.05, 0.1) is 34.0 Å². The number of nitrogens with one attached hydrogen (secondary N) is 1. The van der Waals surface area contributed by atoms with Gasteiger partial charge < -0.3 is 30.0 Å². The zero-order chi connectivity index (χ0) is 18.4. The standard InChI is InChI=1S/C19H23N3O4.HI/c1-23-15-8-7-14(11-17(15)24-2)22-19(20)21-12-13-5-3-6-16-18(13)26-10-4-9-25-16;/h3,5-8,11H,4,9-10,12H2,1-2H3,(H3,20,21,22);1H. The van der Waals surface area contributed by atoms with Gasteiger partial charge in [-0.05, 0) is 18.2 Å². The number of guanidine groups is 1. The van der Waals surface area contributed by atoms with Crippen molar-refractivity contribution in [3.05, 3.63) is 42.0 Å². The molecule has 0 fully saturated rings. The van der Waals surface area contributed by atoms with Crippen LogP contribution in [0.25, 0.3) is 0 Å². The first-order valence-electron chi connectivity index (χ1n) is 8.37. The van der Waals surface area contributed by atoms with Gasteiger partial charge >= 0.3 is 0 Å². The fraction of sp³-hybridized carbons (Fsp3) is 0.316. The van der Waals surface area contributed by atoms with Crippen LogP contribution in [0.5, 0.6) is 23.0 Å². The van der Waals surface area contributed by atoms with E-state index in [1.54, 1.807) is 26.4 Å². The minimum Gasteiger partial charge on any atom is -0.493 e. The average molecular weight is 485 g/mol. The predicted octanol–water partition coefficient (Wildman–Crippen LogP) is 3.41. The molecule has 0 amide bonds. The van der Waals surface area contributed by atoms with Gasteiger partial charge in [-0.3, -0.25) is 0 Å². The summed E-state index contributed by atoms with van der Waals surface area (Å²) in [6.07, 6.45) is 0.861. The molecule has 8 heteroatoms. The number of hydrogen-bond donors (Lipinski definition) is 2. The Morgan fingerprint density at radius 2 is 1.89 bits per heavy atom. The van der Waals surface area contributed by atoms with E-state index in [9.17, 15) is 0 Å². The monoisotopic (exact) mass is 485 g/mol. The number of halogens is 1. The third kappa shape index (κ3) is 5.31. The highest BCUT2D eigenvalue weighted by atomic mass is 127. The minimum absolute atomic E-state index is 0. The number of fused-ring (bicyclic) bond motifs is 1. The highest BCUT2D eigenvalue weighted by Crippen LogP contribution is 2.33. The molecule has 2 aromatic rings. The van der Waals surface area contributed by atoms with E-state index in [-0.39, 0.29) is 24.0 Å². The van der Waals surface area contributed by atoms with Gasteiger partial charge in [0.15, 0.2) is 29.0 Å². The summed E-state index contributed by atoms with van der Waals surface area (Å²) in [6, 6.07) is 11.2. The van der Waals surface area contributed by atoms with Crippen LogP contribution < -0.4 is 30.0 Å². The lowest BCUT2D eigenvalue weighted by Crippen LogP contribution is -2.22. The Morgan fingerprint density at radius 3 is 2.67 bits per heavy atom. The van der Waals surface area contributed by atoms with Crippen LogP contribution in [-0.4, -0.2) is 33.4 Å². The Morgan fingerprint density at radius 1 is 1.11 bits per heavy atom. The molecule has 1 aliphatic heterocycles. The van der Waals surface area contributed by atoms with Crippen molar-refractivity contribution >= 4 is 35.6 Å². The Hall–Kier alpha value is -2.36. The van der Waals surface area contributed by atoms with Crippen LogP contribution in [0, 0.1) is 0 Å². The van der Waals surface area contributed by atoms with Gasteiger partial charge in [-0.15, -0.1) is 24.0 Å². The molecular weight excluding hydrogens is 461 g/mol. The van der Waals surface area contributed by atoms with Crippen molar-refractivity contribution in [3.8, 4) is 23.0 Å². The van der Waals surface area contributed by atoms with Crippen LogP contribution in [0.4, 0.5) is 5.69 Å². The molecule has 3 rings (SSSR count). The molecule has 0 radical (unpaired) electrons. The van der Waals surface area contributed by atoms with Gasteiger partial charge in [0.25, 0.3) is 0 Å². The number of anilines is 1. The van der Waals surface area contributed by atoms with E-state index in [4.69, 9.17) is 24.7 Å².